The van der Waals surface area contributed by atoms with E-state index in [4.69, 9.17) is 14.6 Å². The Morgan fingerprint density at radius 1 is 1.09 bits per heavy atom. The van der Waals surface area contributed by atoms with Crippen LogP contribution in [0.25, 0.3) is 11.1 Å². The second kappa shape index (κ2) is 11.4. The van der Waals surface area contributed by atoms with E-state index in [-0.39, 0.29) is 18.9 Å². The van der Waals surface area contributed by atoms with Crippen LogP contribution in [-0.4, -0.2) is 54.5 Å². The zero-order valence-corrected chi connectivity index (χ0v) is 19.9. The summed E-state index contributed by atoms with van der Waals surface area (Å²) < 4.78 is 11.2. The Kier molecular flexibility index (Phi) is 8.02. The van der Waals surface area contributed by atoms with Crippen LogP contribution in [0, 0.1) is 0 Å². The van der Waals surface area contributed by atoms with Crippen LogP contribution in [0.4, 0.5) is 4.79 Å². The molecule has 35 heavy (non-hydrogen) atoms. The van der Waals surface area contributed by atoms with Crippen molar-refractivity contribution in [1.82, 2.24) is 10.6 Å². The smallest absolute Gasteiger partial charge is 0.407 e. The van der Waals surface area contributed by atoms with Crippen LogP contribution in [0.3, 0.4) is 0 Å². The molecule has 0 aromatic heterocycles. The number of carboxylic acids is 1. The molecule has 4 rings (SSSR count). The van der Waals surface area contributed by atoms with E-state index >= 15 is 0 Å². The number of ether oxygens (including phenoxy) is 2. The Bertz CT molecular complexity index is 1030. The number of carboxylic acid groups (broad SMARTS) is 1. The molecule has 0 radical (unpaired) electrons. The van der Waals surface area contributed by atoms with Crippen molar-refractivity contribution in [2.75, 3.05) is 13.2 Å². The Hall–Kier alpha value is -3.39. The SMILES string of the molecule is CCCC[C@H](CC(=O)O)NC(=O)C1OCCC1NC(=O)OCC1c2ccccc2-c2ccccc21. The minimum Gasteiger partial charge on any atom is -0.481 e. The van der Waals surface area contributed by atoms with Crippen molar-refractivity contribution in [2.45, 2.75) is 63.1 Å². The summed E-state index contributed by atoms with van der Waals surface area (Å²) >= 11 is 0. The number of rotatable bonds is 10. The van der Waals surface area contributed by atoms with E-state index in [0.717, 1.165) is 35.1 Å². The fourth-order valence-electron chi connectivity index (χ4n) is 4.96. The Labute approximate surface area is 205 Å². The van der Waals surface area contributed by atoms with E-state index in [1.807, 2.05) is 31.2 Å². The first-order valence-electron chi connectivity index (χ1n) is 12.2. The van der Waals surface area contributed by atoms with Gasteiger partial charge in [0.25, 0.3) is 5.91 Å². The van der Waals surface area contributed by atoms with Gasteiger partial charge in [0, 0.05) is 18.6 Å². The molecular weight excluding hydrogens is 448 g/mol. The highest BCUT2D eigenvalue weighted by Crippen LogP contribution is 2.44. The Balaban J connectivity index is 1.34. The number of nitrogens with one attached hydrogen (secondary N) is 2. The maximum atomic E-state index is 12.8. The molecule has 1 aliphatic carbocycles. The lowest BCUT2D eigenvalue weighted by molar-refractivity contribution is -0.138. The zero-order valence-electron chi connectivity index (χ0n) is 19.9. The zero-order chi connectivity index (χ0) is 24.8. The van der Waals surface area contributed by atoms with E-state index in [0.29, 0.717) is 19.4 Å². The van der Waals surface area contributed by atoms with E-state index < -0.39 is 36.2 Å². The summed E-state index contributed by atoms with van der Waals surface area (Å²) in [5.74, 6) is -1.43. The number of carbonyl (C=O) groups excluding carboxylic acids is 2. The average molecular weight is 481 g/mol. The van der Waals surface area contributed by atoms with Crippen LogP contribution in [0.15, 0.2) is 48.5 Å². The van der Waals surface area contributed by atoms with Crippen molar-refractivity contribution in [3.05, 3.63) is 59.7 Å². The highest BCUT2D eigenvalue weighted by atomic mass is 16.6. The van der Waals surface area contributed by atoms with Crippen molar-refractivity contribution in [3.63, 3.8) is 0 Å². The number of aliphatic carboxylic acids is 1. The molecule has 1 heterocycles. The number of carbonyl (C=O) groups is 3. The number of benzene rings is 2. The molecule has 3 N–H and O–H groups in total. The van der Waals surface area contributed by atoms with Crippen LogP contribution in [0.5, 0.6) is 0 Å². The number of unbranched alkanes of at least 4 members (excludes halogenated alkanes) is 1. The number of fused-ring (bicyclic) bond motifs is 3. The van der Waals surface area contributed by atoms with E-state index in [1.54, 1.807) is 0 Å². The number of alkyl carbamates (subject to hydrolysis) is 1. The molecule has 2 amide bonds. The van der Waals surface area contributed by atoms with Gasteiger partial charge in [-0.05, 0) is 35.1 Å². The predicted molar refractivity (Wildman–Crippen MR) is 130 cm³/mol. The molecule has 0 spiro atoms. The summed E-state index contributed by atoms with van der Waals surface area (Å²) in [6.45, 7) is 2.51. The number of amides is 2. The molecule has 1 aliphatic heterocycles. The minimum atomic E-state index is -0.966. The first kappa shape index (κ1) is 24.7. The van der Waals surface area contributed by atoms with Gasteiger partial charge < -0.3 is 25.2 Å². The fraction of sp³-hybridized carbons (Fsp3) is 0.444. The molecule has 2 aromatic carbocycles. The quantitative estimate of drug-likeness (QED) is 0.476. The van der Waals surface area contributed by atoms with Gasteiger partial charge in [-0.2, -0.15) is 0 Å². The third-order valence-corrected chi connectivity index (χ3v) is 6.67. The van der Waals surface area contributed by atoms with Crippen LogP contribution >= 0.6 is 0 Å². The van der Waals surface area contributed by atoms with Gasteiger partial charge in [-0.25, -0.2) is 4.79 Å². The van der Waals surface area contributed by atoms with Gasteiger partial charge in [-0.15, -0.1) is 0 Å². The van der Waals surface area contributed by atoms with Gasteiger partial charge in [0.2, 0.25) is 0 Å². The number of hydrogen-bond acceptors (Lipinski definition) is 5. The predicted octanol–water partition coefficient (Wildman–Crippen LogP) is 3.83. The normalized spacial score (nSPS) is 19.5. The number of hydrogen-bond donors (Lipinski definition) is 3. The van der Waals surface area contributed by atoms with Crippen molar-refractivity contribution in [3.8, 4) is 11.1 Å². The van der Waals surface area contributed by atoms with E-state index in [2.05, 4.69) is 34.9 Å². The second-order valence-corrected chi connectivity index (χ2v) is 9.10. The molecule has 8 nitrogen and oxygen atoms in total. The maximum absolute atomic E-state index is 12.8. The van der Waals surface area contributed by atoms with Gasteiger partial charge >= 0.3 is 12.1 Å². The monoisotopic (exact) mass is 480 g/mol. The van der Waals surface area contributed by atoms with Crippen molar-refractivity contribution >= 4 is 18.0 Å². The lowest BCUT2D eigenvalue weighted by Gasteiger charge is -2.23. The van der Waals surface area contributed by atoms with Gasteiger partial charge in [0.1, 0.15) is 6.61 Å². The van der Waals surface area contributed by atoms with Gasteiger partial charge in [0.15, 0.2) is 6.10 Å². The molecule has 1 fully saturated rings. The summed E-state index contributed by atoms with van der Waals surface area (Å²) in [4.78, 5) is 36.6. The van der Waals surface area contributed by atoms with Crippen LogP contribution in [-0.2, 0) is 19.1 Å². The molecule has 2 aliphatic rings. The maximum Gasteiger partial charge on any atom is 0.407 e. The molecule has 2 unspecified atom stereocenters. The van der Waals surface area contributed by atoms with Crippen LogP contribution < -0.4 is 10.6 Å². The fourth-order valence-corrected chi connectivity index (χ4v) is 4.96. The second-order valence-electron chi connectivity index (χ2n) is 9.10. The lowest BCUT2D eigenvalue weighted by atomic mass is 9.98. The molecule has 186 valence electrons. The molecule has 1 saturated heterocycles. The highest BCUT2D eigenvalue weighted by Gasteiger charge is 2.37. The van der Waals surface area contributed by atoms with E-state index in [1.165, 1.54) is 0 Å². The topological polar surface area (TPSA) is 114 Å². The van der Waals surface area contributed by atoms with Crippen LogP contribution in [0.2, 0.25) is 0 Å². The van der Waals surface area contributed by atoms with E-state index in [9.17, 15) is 14.4 Å². The minimum absolute atomic E-state index is 0.0533. The standard InChI is InChI=1S/C27H32N2O6/c1-2-3-8-17(15-24(30)31)28-26(32)25-23(13-14-34-25)29-27(33)35-16-22-20-11-6-4-9-18(20)19-10-5-7-12-21(19)22/h4-7,9-12,17,22-23,25H,2-3,8,13-16H2,1H3,(H,28,32)(H,29,33)(H,30,31)/t17-,23?,25?/m1/s1. The first-order valence-corrected chi connectivity index (χ1v) is 12.2. The Morgan fingerprint density at radius 2 is 1.74 bits per heavy atom. The molecule has 3 atom stereocenters. The molecule has 2 aromatic rings. The van der Waals surface area contributed by atoms with Crippen molar-refractivity contribution in [1.29, 1.82) is 0 Å². The van der Waals surface area contributed by atoms with Gasteiger partial charge in [-0.1, -0.05) is 68.3 Å². The summed E-state index contributed by atoms with van der Waals surface area (Å²) in [5.41, 5.74) is 4.55. The molecule has 0 bridgehead atoms. The Morgan fingerprint density at radius 3 is 2.37 bits per heavy atom. The summed E-state index contributed by atoms with van der Waals surface area (Å²) in [6.07, 6.45) is 1.13. The lowest BCUT2D eigenvalue weighted by Crippen LogP contribution is -2.51. The summed E-state index contributed by atoms with van der Waals surface area (Å²) in [5, 5.41) is 14.7. The third kappa shape index (κ3) is 5.82. The molecule has 8 heteroatoms. The summed E-state index contributed by atoms with van der Waals surface area (Å²) in [6, 6.07) is 15.2. The first-order chi connectivity index (χ1) is 17.0. The molecular formula is C27H32N2O6. The average Bonchev–Trinajstić information content (AvgIpc) is 3.43. The van der Waals surface area contributed by atoms with Crippen LogP contribution in [0.1, 0.15) is 56.1 Å². The highest BCUT2D eigenvalue weighted by molar-refractivity contribution is 5.84. The molecule has 0 saturated carbocycles. The summed E-state index contributed by atoms with van der Waals surface area (Å²) in [7, 11) is 0. The van der Waals surface area contributed by atoms with Gasteiger partial charge in [-0.3, -0.25) is 9.59 Å². The van der Waals surface area contributed by atoms with Crippen molar-refractivity contribution < 1.29 is 29.0 Å². The largest absolute Gasteiger partial charge is 0.481 e. The third-order valence-electron chi connectivity index (χ3n) is 6.67. The van der Waals surface area contributed by atoms with Crippen molar-refractivity contribution in [2.24, 2.45) is 0 Å². The van der Waals surface area contributed by atoms with Gasteiger partial charge in [0.05, 0.1) is 12.5 Å².